The van der Waals surface area contributed by atoms with Crippen LogP contribution in [-0.2, 0) is 22.6 Å². The van der Waals surface area contributed by atoms with Crippen molar-refractivity contribution in [3.05, 3.63) is 59.7 Å². The zero-order chi connectivity index (χ0) is 17.4. The van der Waals surface area contributed by atoms with Gasteiger partial charge in [-0.05, 0) is 29.7 Å². The summed E-state index contributed by atoms with van der Waals surface area (Å²) in [6, 6.07) is 15.0. The van der Waals surface area contributed by atoms with E-state index in [2.05, 4.69) is 17.0 Å². The largest absolute Gasteiger partial charge is 0.495 e. The molecule has 5 nitrogen and oxygen atoms in total. The molecule has 128 valence electrons. The van der Waals surface area contributed by atoms with Gasteiger partial charge in [0.1, 0.15) is 5.75 Å². The number of anilines is 1. The number of nitrogens with zero attached hydrogens (tertiary/aromatic N) is 2. The molecule has 0 aliphatic carbocycles. The Balaban J connectivity index is 1.60. The van der Waals surface area contributed by atoms with Crippen molar-refractivity contribution in [3.8, 4) is 5.75 Å². The van der Waals surface area contributed by atoms with E-state index in [0.29, 0.717) is 18.0 Å². The molecule has 4 rings (SSSR count). The third kappa shape index (κ3) is 2.70. The van der Waals surface area contributed by atoms with Crippen LogP contribution in [0.1, 0.15) is 17.5 Å². The summed E-state index contributed by atoms with van der Waals surface area (Å²) in [4.78, 5) is 29.0. The molecule has 2 aromatic carbocycles. The molecule has 0 N–H and O–H groups in total. The number of imide groups is 1. The minimum absolute atomic E-state index is 0.158. The monoisotopic (exact) mass is 336 g/mol. The minimum atomic E-state index is -0.397. The molecule has 2 aliphatic heterocycles. The summed E-state index contributed by atoms with van der Waals surface area (Å²) in [7, 11) is 1.54. The second-order valence-electron chi connectivity index (χ2n) is 6.45. The predicted molar refractivity (Wildman–Crippen MR) is 94.4 cm³/mol. The molecule has 0 radical (unpaired) electrons. The Labute approximate surface area is 146 Å². The third-order valence-electron chi connectivity index (χ3n) is 5.05. The van der Waals surface area contributed by atoms with Gasteiger partial charge in [0.25, 0.3) is 5.91 Å². The van der Waals surface area contributed by atoms with Crippen LogP contribution in [0.4, 0.5) is 5.69 Å². The Bertz CT molecular complexity index is 833. The molecular weight excluding hydrogens is 316 g/mol. The van der Waals surface area contributed by atoms with Crippen LogP contribution in [0.3, 0.4) is 0 Å². The Morgan fingerprint density at radius 2 is 1.72 bits per heavy atom. The van der Waals surface area contributed by atoms with Crippen molar-refractivity contribution in [1.29, 1.82) is 0 Å². The summed E-state index contributed by atoms with van der Waals surface area (Å²) < 4.78 is 5.32. The van der Waals surface area contributed by atoms with Crippen LogP contribution in [0.5, 0.6) is 5.75 Å². The highest BCUT2D eigenvalue weighted by Gasteiger charge is 2.44. The maximum Gasteiger partial charge on any atom is 0.251 e. The lowest BCUT2D eigenvalue weighted by Gasteiger charge is -2.32. The molecule has 25 heavy (non-hydrogen) atoms. The van der Waals surface area contributed by atoms with Crippen LogP contribution in [0.25, 0.3) is 0 Å². The first-order valence-corrected chi connectivity index (χ1v) is 8.49. The fourth-order valence-electron chi connectivity index (χ4n) is 3.75. The molecule has 0 saturated carbocycles. The van der Waals surface area contributed by atoms with Crippen molar-refractivity contribution >= 4 is 17.5 Å². The van der Waals surface area contributed by atoms with Gasteiger partial charge in [-0.3, -0.25) is 14.5 Å². The molecule has 0 bridgehead atoms. The lowest BCUT2D eigenvalue weighted by Crippen LogP contribution is -2.44. The van der Waals surface area contributed by atoms with E-state index in [1.54, 1.807) is 19.2 Å². The van der Waals surface area contributed by atoms with Gasteiger partial charge in [-0.2, -0.15) is 0 Å². The van der Waals surface area contributed by atoms with Crippen LogP contribution in [-0.4, -0.2) is 36.4 Å². The van der Waals surface area contributed by atoms with Crippen molar-refractivity contribution in [2.24, 2.45) is 0 Å². The Hall–Kier alpha value is -2.66. The van der Waals surface area contributed by atoms with Gasteiger partial charge < -0.3 is 4.74 Å². The van der Waals surface area contributed by atoms with Gasteiger partial charge >= 0.3 is 0 Å². The van der Waals surface area contributed by atoms with E-state index < -0.39 is 6.04 Å². The minimum Gasteiger partial charge on any atom is -0.495 e. The number of carbonyl (C=O) groups is 2. The number of hydrogen-bond donors (Lipinski definition) is 0. The molecule has 2 aliphatic rings. The van der Waals surface area contributed by atoms with E-state index in [9.17, 15) is 9.59 Å². The van der Waals surface area contributed by atoms with Crippen molar-refractivity contribution < 1.29 is 14.3 Å². The van der Waals surface area contributed by atoms with Crippen molar-refractivity contribution in [2.75, 3.05) is 18.6 Å². The summed E-state index contributed by atoms with van der Waals surface area (Å²) in [6.45, 7) is 1.50. The summed E-state index contributed by atoms with van der Waals surface area (Å²) >= 11 is 0. The molecule has 5 heteroatoms. The molecule has 2 heterocycles. The lowest BCUT2D eigenvalue weighted by molar-refractivity contribution is -0.123. The Morgan fingerprint density at radius 1 is 1.00 bits per heavy atom. The van der Waals surface area contributed by atoms with Gasteiger partial charge in [-0.15, -0.1) is 0 Å². The second-order valence-corrected chi connectivity index (χ2v) is 6.45. The number of para-hydroxylation sites is 2. The maximum atomic E-state index is 13.0. The van der Waals surface area contributed by atoms with E-state index in [1.807, 2.05) is 24.3 Å². The van der Waals surface area contributed by atoms with Gasteiger partial charge in [0, 0.05) is 13.1 Å². The van der Waals surface area contributed by atoms with Crippen molar-refractivity contribution in [3.63, 3.8) is 0 Å². The van der Waals surface area contributed by atoms with Gasteiger partial charge in [-0.1, -0.05) is 36.4 Å². The molecule has 2 aromatic rings. The molecule has 0 spiro atoms. The van der Waals surface area contributed by atoms with Gasteiger partial charge in [0.2, 0.25) is 5.91 Å². The molecule has 1 atom stereocenters. The predicted octanol–water partition coefficient (Wildman–Crippen LogP) is 2.39. The highest BCUT2D eigenvalue weighted by molar-refractivity contribution is 6.23. The Kier molecular flexibility index (Phi) is 4.01. The molecule has 0 aromatic heterocycles. The summed E-state index contributed by atoms with van der Waals surface area (Å²) in [5.74, 6) is 0.209. The number of rotatable bonds is 3. The first kappa shape index (κ1) is 15.8. The zero-order valence-corrected chi connectivity index (χ0v) is 14.1. The van der Waals surface area contributed by atoms with Crippen LogP contribution in [0.15, 0.2) is 48.5 Å². The van der Waals surface area contributed by atoms with E-state index in [1.165, 1.54) is 16.0 Å². The highest BCUT2D eigenvalue weighted by Crippen LogP contribution is 2.34. The molecule has 1 fully saturated rings. The average Bonchev–Trinajstić information content (AvgIpc) is 2.95. The van der Waals surface area contributed by atoms with Crippen molar-refractivity contribution in [2.45, 2.75) is 25.4 Å². The molecule has 0 unspecified atom stereocenters. The first-order chi connectivity index (χ1) is 12.2. The molecular formula is C20H20N2O3. The van der Waals surface area contributed by atoms with E-state index in [4.69, 9.17) is 4.74 Å². The molecule has 2 amide bonds. The Morgan fingerprint density at radius 3 is 2.52 bits per heavy atom. The average molecular weight is 336 g/mol. The van der Waals surface area contributed by atoms with Crippen molar-refractivity contribution in [1.82, 2.24) is 4.90 Å². The van der Waals surface area contributed by atoms with Gasteiger partial charge in [0.15, 0.2) is 0 Å². The highest BCUT2D eigenvalue weighted by atomic mass is 16.5. The summed E-state index contributed by atoms with van der Waals surface area (Å²) in [5.41, 5.74) is 3.10. The van der Waals surface area contributed by atoms with Crippen LogP contribution in [0, 0.1) is 0 Å². The number of benzene rings is 2. The maximum absolute atomic E-state index is 13.0. The standard InChI is InChI=1S/C20H20N2O3/c1-25-18-9-5-4-8-16(18)22-19(23)12-17(20(22)24)21-11-10-14-6-2-3-7-15(14)13-21/h2-9,17H,10-13H2,1H3/t17-/m0/s1. The van der Waals surface area contributed by atoms with Gasteiger partial charge in [-0.25, -0.2) is 4.90 Å². The number of amides is 2. The SMILES string of the molecule is COc1ccccc1N1C(=O)C[C@H](N2CCc3ccccc3C2)C1=O. The first-order valence-electron chi connectivity index (χ1n) is 8.49. The van der Waals surface area contributed by atoms with Crippen LogP contribution < -0.4 is 9.64 Å². The fourth-order valence-corrected chi connectivity index (χ4v) is 3.75. The number of methoxy groups -OCH3 is 1. The summed E-state index contributed by atoms with van der Waals surface area (Å²) in [5, 5.41) is 0. The fraction of sp³-hybridized carbons (Fsp3) is 0.300. The van der Waals surface area contributed by atoms with E-state index in [0.717, 1.165) is 13.0 Å². The van der Waals surface area contributed by atoms with E-state index in [-0.39, 0.29) is 18.2 Å². The quantitative estimate of drug-likeness (QED) is 0.808. The lowest BCUT2D eigenvalue weighted by atomic mass is 9.98. The number of ether oxygens (including phenoxy) is 1. The smallest absolute Gasteiger partial charge is 0.251 e. The number of fused-ring (bicyclic) bond motifs is 1. The normalized spacial score (nSPS) is 20.7. The topological polar surface area (TPSA) is 49.9 Å². The van der Waals surface area contributed by atoms with Crippen LogP contribution >= 0.6 is 0 Å². The van der Waals surface area contributed by atoms with Gasteiger partial charge in [0.05, 0.1) is 25.3 Å². The second kappa shape index (κ2) is 6.33. The third-order valence-corrected chi connectivity index (χ3v) is 5.05. The number of hydrogen-bond acceptors (Lipinski definition) is 4. The zero-order valence-electron chi connectivity index (χ0n) is 14.1. The molecule has 1 saturated heterocycles. The number of carbonyl (C=O) groups excluding carboxylic acids is 2. The van der Waals surface area contributed by atoms with Crippen LogP contribution in [0.2, 0.25) is 0 Å². The summed E-state index contributed by atoms with van der Waals surface area (Å²) in [6.07, 6.45) is 1.13. The van der Waals surface area contributed by atoms with E-state index >= 15 is 0 Å².